The third-order valence-corrected chi connectivity index (χ3v) is 4.06. The van der Waals surface area contributed by atoms with Gasteiger partial charge in [-0.1, -0.05) is 0 Å². The zero-order valence-corrected chi connectivity index (χ0v) is 10.4. The molecule has 1 aromatic heterocycles. The zero-order chi connectivity index (χ0) is 12.7. The van der Waals surface area contributed by atoms with Crippen molar-refractivity contribution in [3.05, 3.63) is 17.8 Å². The summed E-state index contributed by atoms with van der Waals surface area (Å²) < 4.78 is 4.73. The Morgan fingerprint density at radius 3 is 3.00 bits per heavy atom. The standard InChI is InChI=1S/C13H17N3O2/c1-18-13(17)10-4-5-15-12(11(10)14)16-7-8-2-3-9(16)6-8/h4-5,8-9H,2-3,6-7,14H2,1H3. The number of hydrogen-bond acceptors (Lipinski definition) is 5. The van der Waals surface area contributed by atoms with Crippen LogP contribution in [0.25, 0.3) is 0 Å². The maximum atomic E-state index is 11.6. The maximum Gasteiger partial charge on any atom is 0.340 e. The van der Waals surface area contributed by atoms with Gasteiger partial charge in [-0.05, 0) is 31.2 Å². The third kappa shape index (κ3) is 1.62. The maximum absolute atomic E-state index is 11.6. The van der Waals surface area contributed by atoms with E-state index < -0.39 is 5.97 Å². The molecule has 0 amide bonds. The quantitative estimate of drug-likeness (QED) is 0.801. The molecule has 1 aromatic rings. The summed E-state index contributed by atoms with van der Waals surface area (Å²) in [5.74, 6) is 1.10. The number of methoxy groups -OCH3 is 1. The Balaban J connectivity index is 1.95. The van der Waals surface area contributed by atoms with Gasteiger partial charge in [0.25, 0.3) is 0 Å². The number of rotatable bonds is 2. The van der Waals surface area contributed by atoms with Crippen LogP contribution in [0.5, 0.6) is 0 Å². The highest BCUT2D eigenvalue weighted by Crippen LogP contribution is 2.41. The number of nitrogen functional groups attached to an aromatic ring is 1. The number of piperidine rings is 1. The fourth-order valence-electron chi connectivity index (χ4n) is 3.16. The predicted octanol–water partition coefficient (Wildman–Crippen LogP) is 1.44. The number of esters is 1. The Bertz CT molecular complexity index is 489. The number of hydrogen-bond donors (Lipinski definition) is 1. The minimum Gasteiger partial charge on any atom is -0.465 e. The van der Waals surface area contributed by atoms with Crippen molar-refractivity contribution in [2.45, 2.75) is 25.3 Å². The first kappa shape index (κ1) is 11.3. The molecule has 1 saturated heterocycles. The van der Waals surface area contributed by atoms with Crippen LogP contribution in [0, 0.1) is 5.92 Å². The van der Waals surface area contributed by atoms with E-state index in [1.807, 2.05) is 0 Å². The predicted molar refractivity (Wildman–Crippen MR) is 68.5 cm³/mol. The number of nitrogens with two attached hydrogens (primary N) is 1. The normalized spacial score (nSPS) is 25.5. The molecule has 2 fully saturated rings. The molecular weight excluding hydrogens is 230 g/mol. The molecule has 2 heterocycles. The van der Waals surface area contributed by atoms with Crippen LogP contribution in [0.4, 0.5) is 11.5 Å². The fraction of sp³-hybridized carbons (Fsp3) is 0.538. The monoisotopic (exact) mass is 247 g/mol. The molecule has 2 bridgehead atoms. The van der Waals surface area contributed by atoms with Crippen LogP contribution in [0.2, 0.25) is 0 Å². The Morgan fingerprint density at radius 2 is 2.39 bits per heavy atom. The van der Waals surface area contributed by atoms with Gasteiger partial charge in [0.15, 0.2) is 5.82 Å². The molecule has 1 aliphatic heterocycles. The summed E-state index contributed by atoms with van der Waals surface area (Å²) in [5, 5.41) is 0. The molecule has 1 saturated carbocycles. The van der Waals surface area contributed by atoms with Gasteiger partial charge in [0.2, 0.25) is 0 Å². The van der Waals surface area contributed by atoms with Crippen molar-refractivity contribution in [2.24, 2.45) is 5.92 Å². The molecule has 5 nitrogen and oxygen atoms in total. The SMILES string of the molecule is COC(=O)c1ccnc(N2CC3CCC2C3)c1N. The minimum atomic E-state index is -0.402. The number of nitrogens with zero attached hydrogens (tertiary/aromatic N) is 2. The van der Waals surface area contributed by atoms with Crippen LogP contribution < -0.4 is 10.6 Å². The number of pyridine rings is 1. The Morgan fingerprint density at radius 1 is 1.56 bits per heavy atom. The lowest BCUT2D eigenvalue weighted by Crippen LogP contribution is -2.33. The smallest absolute Gasteiger partial charge is 0.340 e. The second kappa shape index (κ2) is 4.15. The van der Waals surface area contributed by atoms with Gasteiger partial charge in [0, 0.05) is 18.8 Å². The van der Waals surface area contributed by atoms with E-state index in [1.54, 1.807) is 12.3 Å². The van der Waals surface area contributed by atoms with Crippen LogP contribution in [-0.2, 0) is 4.74 Å². The highest BCUT2D eigenvalue weighted by Gasteiger charge is 2.39. The first-order chi connectivity index (χ1) is 8.70. The van der Waals surface area contributed by atoms with Crippen molar-refractivity contribution < 1.29 is 9.53 Å². The molecule has 18 heavy (non-hydrogen) atoms. The molecule has 0 spiro atoms. The lowest BCUT2D eigenvalue weighted by atomic mass is 10.1. The molecule has 96 valence electrons. The number of carbonyl (C=O) groups is 1. The second-order valence-corrected chi connectivity index (χ2v) is 5.07. The summed E-state index contributed by atoms with van der Waals surface area (Å²) in [6.07, 6.45) is 5.36. The molecule has 5 heteroatoms. The van der Waals surface area contributed by atoms with E-state index in [1.165, 1.54) is 26.4 Å². The number of aromatic nitrogens is 1. The lowest BCUT2D eigenvalue weighted by Gasteiger charge is -2.29. The molecule has 2 atom stereocenters. The molecule has 1 aliphatic carbocycles. The van der Waals surface area contributed by atoms with E-state index in [2.05, 4.69) is 9.88 Å². The number of fused-ring (bicyclic) bond motifs is 2. The van der Waals surface area contributed by atoms with Gasteiger partial charge < -0.3 is 15.4 Å². The van der Waals surface area contributed by atoms with E-state index in [9.17, 15) is 4.79 Å². The Labute approximate surface area is 106 Å². The number of anilines is 2. The van der Waals surface area contributed by atoms with E-state index in [0.29, 0.717) is 17.3 Å². The van der Waals surface area contributed by atoms with Crippen molar-refractivity contribution in [2.75, 3.05) is 24.3 Å². The first-order valence-corrected chi connectivity index (χ1v) is 6.30. The van der Waals surface area contributed by atoms with Crippen molar-refractivity contribution in [3.63, 3.8) is 0 Å². The van der Waals surface area contributed by atoms with E-state index in [-0.39, 0.29) is 0 Å². The molecule has 2 N–H and O–H groups in total. The average molecular weight is 247 g/mol. The van der Waals surface area contributed by atoms with Crippen LogP contribution in [0.15, 0.2) is 12.3 Å². The molecular formula is C13H17N3O2. The Kier molecular flexibility index (Phi) is 2.61. The van der Waals surface area contributed by atoms with Gasteiger partial charge >= 0.3 is 5.97 Å². The van der Waals surface area contributed by atoms with Crippen molar-refractivity contribution in [1.82, 2.24) is 4.98 Å². The van der Waals surface area contributed by atoms with Gasteiger partial charge in [-0.2, -0.15) is 0 Å². The van der Waals surface area contributed by atoms with Gasteiger partial charge in [0.05, 0.1) is 18.4 Å². The third-order valence-electron chi connectivity index (χ3n) is 4.06. The van der Waals surface area contributed by atoms with Gasteiger partial charge in [-0.3, -0.25) is 0 Å². The molecule has 2 aliphatic rings. The summed E-state index contributed by atoms with van der Waals surface area (Å²) in [7, 11) is 1.36. The molecule has 0 aromatic carbocycles. The molecule has 3 rings (SSSR count). The molecule has 2 unspecified atom stereocenters. The van der Waals surface area contributed by atoms with Crippen molar-refractivity contribution >= 4 is 17.5 Å². The topological polar surface area (TPSA) is 68.5 Å². The van der Waals surface area contributed by atoms with Gasteiger partial charge in [0.1, 0.15) is 0 Å². The summed E-state index contributed by atoms with van der Waals surface area (Å²) >= 11 is 0. The fourth-order valence-corrected chi connectivity index (χ4v) is 3.16. The summed E-state index contributed by atoms with van der Waals surface area (Å²) in [4.78, 5) is 18.2. The number of carbonyl (C=O) groups excluding carboxylic acids is 1. The summed E-state index contributed by atoms with van der Waals surface area (Å²) in [6.45, 7) is 1.01. The summed E-state index contributed by atoms with van der Waals surface area (Å²) in [6, 6.07) is 2.15. The minimum absolute atomic E-state index is 0.402. The summed E-state index contributed by atoms with van der Waals surface area (Å²) in [5.41, 5.74) is 6.92. The van der Waals surface area contributed by atoms with E-state index >= 15 is 0 Å². The average Bonchev–Trinajstić information content (AvgIpc) is 3.00. The van der Waals surface area contributed by atoms with Gasteiger partial charge in [-0.15, -0.1) is 0 Å². The highest BCUT2D eigenvalue weighted by atomic mass is 16.5. The first-order valence-electron chi connectivity index (χ1n) is 6.30. The largest absolute Gasteiger partial charge is 0.465 e. The Hall–Kier alpha value is -1.78. The van der Waals surface area contributed by atoms with Crippen LogP contribution in [-0.4, -0.2) is 30.6 Å². The van der Waals surface area contributed by atoms with E-state index in [4.69, 9.17) is 10.5 Å². The van der Waals surface area contributed by atoms with Crippen LogP contribution in [0.3, 0.4) is 0 Å². The van der Waals surface area contributed by atoms with Crippen LogP contribution >= 0.6 is 0 Å². The highest BCUT2D eigenvalue weighted by molar-refractivity contribution is 5.97. The lowest BCUT2D eigenvalue weighted by molar-refractivity contribution is 0.0602. The molecule has 0 radical (unpaired) electrons. The van der Waals surface area contributed by atoms with Crippen molar-refractivity contribution in [1.29, 1.82) is 0 Å². The second-order valence-electron chi connectivity index (χ2n) is 5.07. The zero-order valence-electron chi connectivity index (χ0n) is 10.4. The number of ether oxygens (including phenoxy) is 1. The van der Waals surface area contributed by atoms with Crippen LogP contribution in [0.1, 0.15) is 29.6 Å². The van der Waals surface area contributed by atoms with Crippen molar-refractivity contribution in [3.8, 4) is 0 Å². The van der Waals surface area contributed by atoms with Gasteiger partial charge in [-0.25, -0.2) is 9.78 Å². The van der Waals surface area contributed by atoms with E-state index in [0.717, 1.165) is 18.3 Å².